The molecular weight excluding hydrogens is 114 g/mol. The third-order valence-corrected chi connectivity index (χ3v) is 0.611. The Morgan fingerprint density at radius 2 is 2.14 bits per heavy atom. The molecule has 0 aliphatic heterocycles. The van der Waals surface area contributed by atoms with Crippen molar-refractivity contribution in [2.45, 2.75) is 0 Å². The van der Waals surface area contributed by atoms with Gasteiger partial charge in [0.05, 0.1) is 0 Å². The van der Waals surface area contributed by atoms with E-state index in [9.17, 15) is 8.42 Å². The fraction of sp³-hybridized carbons (Fsp3) is 0. The van der Waals surface area contributed by atoms with E-state index in [-0.39, 0.29) is 0 Å². The van der Waals surface area contributed by atoms with E-state index < -0.39 is 10.3 Å². The first-order chi connectivity index (χ1) is 3.27. The number of nitrogens with one attached hydrogen (secondary N) is 1. The molecule has 40 valence electrons. The Kier molecular flexibility index (Phi) is 3.04. The van der Waals surface area contributed by atoms with E-state index in [1.807, 2.05) is 0 Å². The van der Waals surface area contributed by atoms with Crippen LogP contribution in [-0.2, 0) is 10.3 Å². The largest absolute Gasteiger partial charge is 0.356 e. The average molecular weight is 119 g/mol. The molecule has 0 aromatic carbocycles. The Balaban J connectivity index is 3.71. The predicted octanol–water partition coefficient (Wildman–Crippen LogP) is -0.642. The molecule has 7 heavy (non-hydrogen) atoms. The van der Waals surface area contributed by atoms with Crippen molar-refractivity contribution in [1.82, 2.24) is 5.32 Å². The standard InChI is InChI=1S/C3H5NO2S/c1-2-4-3-7(5)6/h2-4H,1H2. The molecule has 0 fully saturated rings. The lowest BCUT2D eigenvalue weighted by Crippen LogP contribution is -1.98. The molecule has 0 aromatic rings. The molecule has 0 saturated carbocycles. The molecule has 3 nitrogen and oxygen atoms in total. The lowest BCUT2D eigenvalue weighted by Gasteiger charge is -1.73. The molecule has 0 atom stereocenters. The number of hydrogen-bond donors (Lipinski definition) is 1. The summed E-state index contributed by atoms with van der Waals surface area (Å²) < 4.78 is 19.2. The van der Waals surface area contributed by atoms with Crippen molar-refractivity contribution in [3.05, 3.63) is 12.8 Å². The second-order valence-corrected chi connectivity index (χ2v) is 1.51. The Morgan fingerprint density at radius 1 is 1.57 bits per heavy atom. The van der Waals surface area contributed by atoms with Crippen LogP contribution in [0.5, 0.6) is 0 Å². The third kappa shape index (κ3) is 5.23. The van der Waals surface area contributed by atoms with Crippen LogP contribution in [0.15, 0.2) is 12.8 Å². The van der Waals surface area contributed by atoms with Gasteiger partial charge in [-0.2, -0.15) is 8.42 Å². The second-order valence-electron chi connectivity index (χ2n) is 0.749. The summed E-state index contributed by atoms with van der Waals surface area (Å²) in [5.74, 6) is 0. The molecule has 0 radical (unpaired) electrons. The van der Waals surface area contributed by atoms with Gasteiger partial charge in [0, 0.05) is 0 Å². The van der Waals surface area contributed by atoms with Crippen molar-refractivity contribution in [1.29, 1.82) is 0 Å². The van der Waals surface area contributed by atoms with Crippen molar-refractivity contribution >= 4 is 15.8 Å². The van der Waals surface area contributed by atoms with E-state index >= 15 is 0 Å². The summed E-state index contributed by atoms with van der Waals surface area (Å²) in [6, 6.07) is 0. The van der Waals surface area contributed by atoms with Crippen LogP contribution in [0.1, 0.15) is 0 Å². The van der Waals surface area contributed by atoms with Crippen LogP contribution in [0.4, 0.5) is 0 Å². The Bertz CT molecular complexity index is 159. The molecule has 0 aliphatic rings. The van der Waals surface area contributed by atoms with Gasteiger partial charge >= 0.3 is 0 Å². The summed E-state index contributed by atoms with van der Waals surface area (Å²) in [6.07, 6.45) is 1.27. The monoisotopic (exact) mass is 119 g/mol. The Hall–Kier alpha value is -0.770. The smallest absolute Gasteiger partial charge is 0.230 e. The number of rotatable bonds is 2. The van der Waals surface area contributed by atoms with Crippen LogP contribution >= 0.6 is 0 Å². The minimum atomic E-state index is -2.12. The van der Waals surface area contributed by atoms with E-state index in [0.29, 0.717) is 0 Å². The van der Waals surface area contributed by atoms with Crippen LogP contribution in [-0.4, -0.2) is 13.9 Å². The lowest BCUT2D eigenvalue weighted by atomic mass is 11.0. The predicted molar refractivity (Wildman–Crippen MR) is 28.3 cm³/mol. The van der Waals surface area contributed by atoms with Crippen molar-refractivity contribution in [2.75, 3.05) is 0 Å². The van der Waals surface area contributed by atoms with E-state index in [0.717, 1.165) is 5.49 Å². The molecule has 0 heterocycles. The highest BCUT2D eigenvalue weighted by atomic mass is 32.2. The first kappa shape index (κ1) is 6.23. The summed E-state index contributed by atoms with van der Waals surface area (Å²) in [5, 5.41) is 2.27. The van der Waals surface area contributed by atoms with Crippen LogP contribution in [0.25, 0.3) is 0 Å². The molecule has 0 saturated heterocycles. The maximum absolute atomic E-state index is 9.59. The fourth-order valence-corrected chi connectivity index (χ4v) is 0.311. The summed E-state index contributed by atoms with van der Waals surface area (Å²) in [4.78, 5) is 0. The lowest BCUT2D eigenvalue weighted by molar-refractivity contribution is 0.627. The van der Waals surface area contributed by atoms with Gasteiger partial charge in [0.25, 0.3) is 0 Å². The van der Waals surface area contributed by atoms with Crippen LogP contribution in [0, 0.1) is 0 Å². The van der Waals surface area contributed by atoms with Crippen LogP contribution < -0.4 is 5.32 Å². The van der Waals surface area contributed by atoms with E-state index in [2.05, 4.69) is 11.9 Å². The SMILES string of the molecule is C=CNC=S(=O)=O. The van der Waals surface area contributed by atoms with Crippen molar-refractivity contribution in [3.63, 3.8) is 0 Å². The van der Waals surface area contributed by atoms with Crippen molar-refractivity contribution < 1.29 is 8.42 Å². The minimum absolute atomic E-state index is 0.896. The van der Waals surface area contributed by atoms with Crippen LogP contribution in [0.3, 0.4) is 0 Å². The Morgan fingerprint density at radius 3 is 2.29 bits per heavy atom. The van der Waals surface area contributed by atoms with Gasteiger partial charge in [-0.25, -0.2) is 0 Å². The molecule has 0 spiro atoms. The highest BCUT2D eigenvalue weighted by molar-refractivity contribution is 7.71. The first-order valence-electron chi connectivity index (χ1n) is 1.55. The Labute approximate surface area is 43.2 Å². The third-order valence-electron chi connectivity index (χ3n) is 0.282. The molecule has 0 rings (SSSR count). The molecule has 0 aliphatic carbocycles. The molecule has 0 amide bonds. The number of hydrogen-bond acceptors (Lipinski definition) is 2. The van der Waals surface area contributed by atoms with Gasteiger partial charge < -0.3 is 5.32 Å². The first-order valence-corrected chi connectivity index (χ1v) is 2.69. The molecule has 0 unspecified atom stereocenters. The van der Waals surface area contributed by atoms with Gasteiger partial charge in [0.1, 0.15) is 5.49 Å². The molecule has 0 bridgehead atoms. The van der Waals surface area contributed by atoms with E-state index in [1.165, 1.54) is 6.20 Å². The quantitative estimate of drug-likeness (QED) is 0.492. The van der Waals surface area contributed by atoms with Gasteiger partial charge in [0.15, 0.2) is 0 Å². The maximum Gasteiger partial charge on any atom is 0.230 e. The summed E-state index contributed by atoms with van der Waals surface area (Å²) in [6.45, 7) is 3.22. The van der Waals surface area contributed by atoms with Crippen molar-refractivity contribution in [3.8, 4) is 0 Å². The van der Waals surface area contributed by atoms with E-state index in [4.69, 9.17) is 0 Å². The van der Waals surface area contributed by atoms with Gasteiger partial charge in [-0.1, -0.05) is 6.58 Å². The molecule has 0 aromatic heterocycles. The summed E-state index contributed by atoms with van der Waals surface area (Å²) >= 11 is 0. The highest BCUT2D eigenvalue weighted by Crippen LogP contribution is 1.41. The molecular formula is C3H5NO2S. The van der Waals surface area contributed by atoms with Crippen LogP contribution in [0.2, 0.25) is 0 Å². The zero-order valence-corrected chi connectivity index (χ0v) is 4.40. The molecule has 4 heteroatoms. The second kappa shape index (κ2) is 3.42. The van der Waals surface area contributed by atoms with Gasteiger partial charge in [-0.3, -0.25) is 0 Å². The summed E-state index contributed by atoms with van der Waals surface area (Å²) in [7, 11) is -2.12. The zero-order chi connectivity index (χ0) is 5.70. The van der Waals surface area contributed by atoms with Gasteiger partial charge in [-0.15, -0.1) is 0 Å². The normalized spacial score (nSPS) is 6.86. The summed E-state index contributed by atoms with van der Waals surface area (Å²) in [5.41, 5.74) is 0.896. The fourth-order valence-electron chi connectivity index (χ4n) is 0.104. The minimum Gasteiger partial charge on any atom is -0.356 e. The maximum atomic E-state index is 9.59. The van der Waals surface area contributed by atoms with E-state index in [1.54, 1.807) is 0 Å². The zero-order valence-electron chi connectivity index (χ0n) is 3.59. The highest BCUT2D eigenvalue weighted by Gasteiger charge is 1.60. The van der Waals surface area contributed by atoms with Gasteiger partial charge in [-0.05, 0) is 6.20 Å². The topological polar surface area (TPSA) is 46.2 Å². The average Bonchev–Trinajstić information content (AvgIpc) is 1.61. The molecule has 1 N–H and O–H groups in total. The van der Waals surface area contributed by atoms with Crippen molar-refractivity contribution in [2.24, 2.45) is 0 Å². The van der Waals surface area contributed by atoms with Gasteiger partial charge in [0.2, 0.25) is 10.3 Å².